The van der Waals surface area contributed by atoms with Gasteiger partial charge in [0.05, 0.1) is 24.7 Å². The molecule has 3 heterocycles. The maximum atomic E-state index is 13.9. The number of aryl methyl sites for hydroxylation is 1. The maximum Gasteiger partial charge on any atom is 0.408 e. The summed E-state index contributed by atoms with van der Waals surface area (Å²) in [5.74, 6) is -1.21. The number of alkyl carbamates (subject to hydrolysis) is 1. The molecule has 224 valence electrons. The van der Waals surface area contributed by atoms with Gasteiger partial charge in [-0.25, -0.2) is 19.6 Å². The van der Waals surface area contributed by atoms with E-state index in [1.807, 2.05) is 39.8 Å². The molecular weight excluding hydrogens is 528 g/mol. The average Bonchev–Trinajstić information content (AvgIpc) is 3.23. The Morgan fingerprint density at radius 3 is 2.49 bits per heavy atom. The minimum Gasteiger partial charge on any atom is -0.497 e. The van der Waals surface area contributed by atoms with E-state index in [2.05, 4.69) is 5.32 Å². The number of aliphatic carboxylic acids is 1. The van der Waals surface area contributed by atoms with E-state index >= 15 is 0 Å². The minimum atomic E-state index is -1.15. The van der Waals surface area contributed by atoms with Crippen molar-refractivity contribution in [3.05, 3.63) is 23.9 Å². The molecule has 11 heteroatoms. The molecule has 1 saturated heterocycles. The zero-order chi connectivity index (χ0) is 29.9. The molecular formula is C30H42N4O7. The number of carboxylic acid groups (broad SMARTS) is 1. The van der Waals surface area contributed by atoms with Gasteiger partial charge < -0.3 is 29.5 Å². The lowest BCUT2D eigenvalue weighted by Gasteiger charge is -2.35. The van der Waals surface area contributed by atoms with Crippen molar-refractivity contribution in [1.82, 2.24) is 20.2 Å². The summed E-state index contributed by atoms with van der Waals surface area (Å²) >= 11 is 0. The van der Waals surface area contributed by atoms with Crippen molar-refractivity contribution in [3.63, 3.8) is 0 Å². The second-order valence-electron chi connectivity index (χ2n) is 12.2. The van der Waals surface area contributed by atoms with Crippen LogP contribution >= 0.6 is 0 Å². The van der Waals surface area contributed by atoms with E-state index in [0.29, 0.717) is 41.2 Å². The van der Waals surface area contributed by atoms with E-state index in [9.17, 15) is 19.5 Å². The van der Waals surface area contributed by atoms with Crippen LogP contribution in [-0.4, -0.2) is 75.9 Å². The van der Waals surface area contributed by atoms with Crippen molar-refractivity contribution < 1.29 is 33.7 Å². The first-order chi connectivity index (χ1) is 19.4. The smallest absolute Gasteiger partial charge is 0.408 e. The number of hydrogen-bond donors (Lipinski definition) is 2. The second-order valence-corrected chi connectivity index (χ2v) is 12.2. The summed E-state index contributed by atoms with van der Waals surface area (Å²) in [6.45, 7) is 9.07. The van der Waals surface area contributed by atoms with Crippen LogP contribution in [0.3, 0.4) is 0 Å². The van der Waals surface area contributed by atoms with E-state index in [4.69, 9.17) is 24.2 Å². The van der Waals surface area contributed by atoms with E-state index in [1.165, 1.54) is 4.90 Å². The van der Waals surface area contributed by atoms with Crippen LogP contribution in [0, 0.1) is 11.3 Å². The summed E-state index contributed by atoms with van der Waals surface area (Å²) in [6, 6.07) is 3.32. The van der Waals surface area contributed by atoms with Crippen molar-refractivity contribution in [1.29, 1.82) is 0 Å². The number of nitrogens with zero attached hydrogens (tertiary/aromatic N) is 3. The van der Waals surface area contributed by atoms with Gasteiger partial charge in [-0.3, -0.25) is 4.79 Å². The molecule has 11 nitrogen and oxygen atoms in total. The summed E-state index contributed by atoms with van der Waals surface area (Å²) in [6.07, 6.45) is 3.33. The van der Waals surface area contributed by atoms with Gasteiger partial charge >= 0.3 is 12.1 Å². The Balaban J connectivity index is 1.74. The third-order valence-corrected chi connectivity index (χ3v) is 7.96. The Morgan fingerprint density at radius 2 is 1.80 bits per heavy atom. The zero-order valence-corrected chi connectivity index (χ0v) is 24.8. The van der Waals surface area contributed by atoms with Crippen LogP contribution in [0.4, 0.5) is 4.79 Å². The molecule has 2 aromatic rings. The molecule has 41 heavy (non-hydrogen) atoms. The monoisotopic (exact) mass is 570 g/mol. The molecule has 1 aromatic carbocycles. The first kappa shape index (κ1) is 30.3. The second kappa shape index (κ2) is 12.5. The fourth-order valence-electron chi connectivity index (χ4n) is 5.56. The number of rotatable bonds is 2. The van der Waals surface area contributed by atoms with Crippen LogP contribution in [0.25, 0.3) is 11.0 Å². The third-order valence-electron chi connectivity index (χ3n) is 7.96. The number of hydrogen-bond acceptors (Lipinski definition) is 8. The lowest BCUT2D eigenvalue weighted by molar-refractivity contribution is -0.151. The van der Waals surface area contributed by atoms with E-state index in [0.717, 1.165) is 25.7 Å². The SMILES string of the molecule is COc1ccc2nc3c(nc2c1)O[C@H]1CN(C(=O)[C@H](C(C)(C)C)NC(=O)OC(C)CCCCCC3)[C@H](C(=O)O)[C@@H]1C. The number of benzene rings is 1. The number of carbonyl (C=O) groups is 3. The largest absolute Gasteiger partial charge is 0.497 e. The highest BCUT2D eigenvalue weighted by Gasteiger charge is 2.50. The van der Waals surface area contributed by atoms with Crippen molar-refractivity contribution in [3.8, 4) is 11.6 Å². The number of carboxylic acids is 1. The predicted molar refractivity (Wildman–Crippen MR) is 152 cm³/mol. The van der Waals surface area contributed by atoms with Crippen molar-refractivity contribution in [2.24, 2.45) is 11.3 Å². The summed E-state index contributed by atoms with van der Waals surface area (Å²) in [5, 5.41) is 12.9. The van der Waals surface area contributed by atoms with E-state index < -0.39 is 47.5 Å². The van der Waals surface area contributed by atoms with Crippen molar-refractivity contribution in [2.45, 2.75) is 97.4 Å². The summed E-state index contributed by atoms with van der Waals surface area (Å²) in [7, 11) is 1.58. The van der Waals surface area contributed by atoms with Gasteiger partial charge in [-0.15, -0.1) is 0 Å². The molecule has 0 aliphatic carbocycles. The maximum absolute atomic E-state index is 13.9. The van der Waals surface area contributed by atoms with Gasteiger partial charge in [-0.05, 0) is 50.2 Å². The predicted octanol–water partition coefficient (Wildman–Crippen LogP) is 4.35. The number of amides is 2. The molecule has 4 rings (SSSR count). The van der Waals surface area contributed by atoms with Crippen LogP contribution in [0.1, 0.15) is 72.4 Å². The third kappa shape index (κ3) is 7.00. The number of aromatic nitrogens is 2. The molecule has 0 spiro atoms. The van der Waals surface area contributed by atoms with Crippen LogP contribution in [0.15, 0.2) is 18.2 Å². The van der Waals surface area contributed by atoms with Gasteiger partial charge in [0.25, 0.3) is 0 Å². The fourth-order valence-corrected chi connectivity index (χ4v) is 5.56. The molecule has 2 N–H and O–H groups in total. The molecule has 1 fully saturated rings. The lowest BCUT2D eigenvalue weighted by Crippen LogP contribution is -2.57. The minimum absolute atomic E-state index is 0.0218. The van der Waals surface area contributed by atoms with Crippen molar-refractivity contribution in [2.75, 3.05) is 13.7 Å². The van der Waals surface area contributed by atoms with Gasteiger partial charge in [0.15, 0.2) is 0 Å². The Labute approximate surface area is 240 Å². The highest BCUT2D eigenvalue weighted by molar-refractivity contribution is 5.90. The van der Waals surface area contributed by atoms with Crippen molar-refractivity contribution >= 4 is 29.0 Å². The van der Waals surface area contributed by atoms with Crippen LogP contribution in [0.5, 0.6) is 11.6 Å². The summed E-state index contributed by atoms with van der Waals surface area (Å²) in [4.78, 5) is 50.1. The van der Waals surface area contributed by atoms with Crippen LogP contribution in [-0.2, 0) is 20.7 Å². The quantitative estimate of drug-likeness (QED) is 0.539. The fraction of sp³-hybridized carbons (Fsp3) is 0.633. The highest BCUT2D eigenvalue weighted by atomic mass is 16.6. The number of methoxy groups -OCH3 is 1. The van der Waals surface area contributed by atoms with Gasteiger partial charge in [-0.2, -0.15) is 0 Å². The van der Waals surface area contributed by atoms with Gasteiger partial charge in [-0.1, -0.05) is 40.5 Å². The van der Waals surface area contributed by atoms with Gasteiger partial charge in [0, 0.05) is 12.0 Å². The van der Waals surface area contributed by atoms with Gasteiger partial charge in [0.1, 0.15) is 35.7 Å². The molecule has 2 amide bonds. The topological polar surface area (TPSA) is 140 Å². The lowest BCUT2D eigenvalue weighted by atomic mass is 9.85. The zero-order valence-electron chi connectivity index (χ0n) is 24.8. The standard InChI is InChI=1S/C30H42N4O7/c1-17-11-9-7-8-10-12-21-26(32-22-15-19(39-6)13-14-20(22)31-21)41-23-16-34(24(18(23)2)28(36)37)27(35)25(30(3,4)5)33-29(38)40-17/h13-15,17-18,23-25H,7-12,16H2,1-6H3,(H,33,38)(H,36,37)/t17?,18-,23+,24+,25-/m1/s1. The molecule has 2 bridgehead atoms. The Kier molecular flexibility index (Phi) is 9.24. The molecule has 2 aliphatic rings. The number of fused-ring (bicyclic) bond motifs is 4. The Morgan fingerprint density at radius 1 is 1.07 bits per heavy atom. The van der Waals surface area contributed by atoms with E-state index in [-0.39, 0.29) is 12.6 Å². The van der Waals surface area contributed by atoms with Crippen LogP contribution in [0.2, 0.25) is 0 Å². The normalized spacial score (nSPS) is 26.7. The summed E-state index contributed by atoms with van der Waals surface area (Å²) < 4.78 is 17.3. The number of carbonyl (C=O) groups excluding carboxylic acids is 2. The molecule has 0 saturated carbocycles. The number of nitrogens with one attached hydrogen (secondary N) is 1. The van der Waals surface area contributed by atoms with E-state index in [1.54, 1.807) is 20.1 Å². The molecule has 1 unspecified atom stereocenters. The van der Waals surface area contributed by atoms with Gasteiger partial charge in [0.2, 0.25) is 11.8 Å². The Bertz CT molecular complexity index is 1280. The first-order valence-electron chi connectivity index (χ1n) is 14.4. The highest BCUT2D eigenvalue weighted by Crippen LogP contribution is 2.33. The summed E-state index contributed by atoms with van der Waals surface area (Å²) in [5.41, 5.74) is 1.30. The van der Waals surface area contributed by atoms with Crippen LogP contribution < -0.4 is 14.8 Å². The first-order valence-corrected chi connectivity index (χ1v) is 14.4. The molecule has 5 atom stereocenters. The number of ether oxygens (including phenoxy) is 3. The molecule has 1 aromatic heterocycles. The Hall–Kier alpha value is -3.63. The average molecular weight is 571 g/mol. The molecule has 0 radical (unpaired) electrons. The molecule has 2 aliphatic heterocycles. The number of cyclic esters (lactones) is 1.